The van der Waals surface area contributed by atoms with Crippen LogP contribution in [0.5, 0.6) is 0 Å². The first kappa shape index (κ1) is 26.7. The quantitative estimate of drug-likeness (QED) is 0.235. The highest BCUT2D eigenvalue weighted by atomic mass is 79.9. The Morgan fingerprint density at radius 2 is 0.750 bits per heavy atom. The fourth-order valence-corrected chi connectivity index (χ4v) is 3.25. The van der Waals surface area contributed by atoms with Gasteiger partial charge < -0.3 is 21.5 Å². The number of halogens is 1. The first-order valence-corrected chi connectivity index (χ1v) is 10.9. The summed E-state index contributed by atoms with van der Waals surface area (Å²) in [6, 6.07) is 0. The van der Waals surface area contributed by atoms with Crippen LogP contribution in [0.15, 0.2) is 0 Å². The highest BCUT2D eigenvalue weighted by Gasteiger charge is 2.09. The first-order chi connectivity index (χ1) is 11.1. The molecule has 0 saturated heterocycles. The maximum Gasteiger partial charge on any atom is 0.0782 e. The Labute approximate surface area is 165 Å². The molecule has 0 heterocycles. The van der Waals surface area contributed by atoms with Gasteiger partial charge in [-0.3, -0.25) is 0 Å². The Bertz CT molecular complexity index is 228. The molecule has 0 aromatic heterocycles. The predicted molar refractivity (Wildman–Crippen MR) is 107 cm³/mol. The van der Waals surface area contributed by atoms with Gasteiger partial charge in [-0.25, -0.2) is 0 Å². The van der Waals surface area contributed by atoms with Crippen molar-refractivity contribution in [3.8, 4) is 0 Å². The molecule has 0 saturated carbocycles. The second-order valence-electron chi connectivity index (χ2n) is 8.28. The molecule has 0 aromatic rings. The molecule has 0 rings (SSSR count). The fraction of sp³-hybridized carbons (Fsp3) is 1.00. The first-order valence-electron chi connectivity index (χ1n) is 10.9. The SMILES string of the molecule is CCCCCCCCCCCCCCCCCC[N+](C)(C)CC.[Br-]. The summed E-state index contributed by atoms with van der Waals surface area (Å²) >= 11 is 0. The molecule has 0 amide bonds. The molecular formula is C22H48BrN. The van der Waals surface area contributed by atoms with Gasteiger partial charge >= 0.3 is 0 Å². The molecule has 1 nitrogen and oxygen atoms in total. The molecule has 0 bridgehead atoms. The van der Waals surface area contributed by atoms with E-state index in [9.17, 15) is 0 Å². The lowest BCUT2D eigenvalue weighted by atomic mass is 10.0. The Morgan fingerprint density at radius 1 is 0.458 bits per heavy atom. The monoisotopic (exact) mass is 405 g/mol. The number of unbranched alkanes of at least 4 members (excludes halogenated alkanes) is 15. The molecule has 24 heavy (non-hydrogen) atoms. The molecule has 0 radical (unpaired) electrons. The standard InChI is InChI=1S/C22H48N.BrH/c1-5-7-8-9-10-11-12-13-14-15-16-17-18-19-20-21-22-23(3,4)6-2;/h5-22H2,1-4H3;1H/q+1;/p-1. The normalized spacial score (nSPS) is 11.5. The molecule has 148 valence electrons. The van der Waals surface area contributed by atoms with Crippen molar-refractivity contribution in [1.29, 1.82) is 0 Å². The molecule has 0 N–H and O–H groups in total. The highest BCUT2D eigenvalue weighted by molar-refractivity contribution is 4.50. The summed E-state index contributed by atoms with van der Waals surface area (Å²) in [5.41, 5.74) is 0. The molecule has 0 fully saturated rings. The second-order valence-corrected chi connectivity index (χ2v) is 8.28. The van der Waals surface area contributed by atoms with Crippen molar-refractivity contribution in [2.75, 3.05) is 27.2 Å². The van der Waals surface area contributed by atoms with E-state index < -0.39 is 0 Å². The zero-order valence-electron chi connectivity index (χ0n) is 17.6. The lowest BCUT2D eigenvalue weighted by Crippen LogP contribution is -3.00. The van der Waals surface area contributed by atoms with Gasteiger partial charge in [0.1, 0.15) is 0 Å². The van der Waals surface area contributed by atoms with Crippen molar-refractivity contribution in [3.05, 3.63) is 0 Å². The molecule has 0 aliphatic carbocycles. The van der Waals surface area contributed by atoms with Gasteiger partial charge in [0.2, 0.25) is 0 Å². The van der Waals surface area contributed by atoms with Gasteiger partial charge in [-0.05, 0) is 19.8 Å². The molecule has 0 aliphatic heterocycles. The number of quaternary nitrogens is 1. The smallest absolute Gasteiger partial charge is 0.0782 e. The average Bonchev–Trinajstić information content (AvgIpc) is 2.54. The van der Waals surface area contributed by atoms with Crippen molar-refractivity contribution in [2.24, 2.45) is 0 Å². The van der Waals surface area contributed by atoms with Gasteiger partial charge in [-0.2, -0.15) is 0 Å². The van der Waals surface area contributed by atoms with Gasteiger partial charge in [0.15, 0.2) is 0 Å². The topological polar surface area (TPSA) is 0 Å². The Balaban J connectivity index is 0. The molecule has 0 spiro atoms. The average molecular weight is 407 g/mol. The fourth-order valence-electron chi connectivity index (χ4n) is 3.25. The van der Waals surface area contributed by atoms with Gasteiger partial charge in [0, 0.05) is 0 Å². The molecule has 0 atom stereocenters. The van der Waals surface area contributed by atoms with E-state index in [1.165, 1.54) is 120 Å². The minimum atomic E-state index is 0. The van der Waals surface area contributed by atoms with E-state index in [0.717, 1.165) is 0 Å². The Hall–Kier alpha value is 0.440. The van der Waals surface area contributed by atoms with Crippen molar-refractivity contribution in [3.63, 3.8) is 0 Å². The second kappa shape index (κ2) is 19.8. The van der Waals surface area contributed by atoms with Crippen LogP contribution in [-0.4, -0.2) is 31.7 Å². The van der Waals surface area contributed by atoms with Crippen LogP contribution in [0, 0.1) is 0 Å². The van der Waals surface area contributed by atoms with Crippen LogP contribution in [0.2, 0.25) is 0 Å². The largest absolute Gasteiger partial charge is 1.00 e. The summed E-state index contributed by atoms with van der Waals surface area (Å²) in [6.07, 6.45) is 23.4. The summed E-state index contributed by atoms with van der Waals surface area (Å²) in [4.78, 5) is 0. The maximum atomic E-state index is 2.35. The van der Waals surface area contributed by atoms with Gasteiger partial charge in [-0.15, -0.1) is 0 Å². The Kier molecular flexibility index (Phi) is 22.0. The van der Waals surface area contributed by atoms with Crippen molar-refractivity contribution in [2.45, 2.75) is 117 Å². The van der Waals surface area contributed by atoms with Crippen LogP contribution < -0.4 is 17.0 Å². The highest BCUT2D eigenvalue weighted by Crippen LogP contribution is 2.14. The summed E-state index contributed by atoms with van der Waals surface area (Å²) in [5, 5.41) is 0. The van der Waals surface area contributed by atoms with Crippen molar-refractivity contribution >= 4 is 0 Å². The van der Waals surface area contributed by atoms with Crippen LogP contribution in [0.4, 0.5) is 0 Å². The molecule has 0 unspecified atom stereocenters. The summed E-state index contributed by atoms with van der Waals surface area (Å²) in [7, 11) is 4.70. The zero-order valence-corrected chi connectivity index (χ0v) is 19.1. The summed E-state index contributed by atoms with van der Waals surface area (Å²) < 4.78 is 1.19. The third-order valence-electron chi connectivity index (χ3n) is 5.47. The van der Waals surface area contributed by atoms with Gasteiger partial charge in [-0.1, -0.05) is 96.8 Å². The van der Waals surface area contributed by atoms with Crippen LogP contribution in [-0.2, 0) is 0 Å². The van der Waals surface area contributed by atoms with Crippen LogP contribution in [0.25, 0.3) is 0 Å². The van der Waals surface area contributed by atoms with Crippen LogP contribution in [0.3, 0.4) is 0 Å². The maximum absolute atomic E-state index is 2.35. The minimum Gasteiger partial charge on any atom is -1.00 e. The van der Waals surface area contributed by atoms with Crippen molar-refractivity contribution in [1.82, 2.24) is 0 Å². The molecule has 0 aliphatic rings. The van der Waals surface area contributed by atoms with Gasteiger partial charge in [0.05, 0.1) is 27.2 Å². The number of hydrogen-bond acceptors (Lipinski definition) is 0. The lowest BCUT2D eigenvalue weighted by Gasteiger charge is -2.28. The van der Waals surface area contributed by atoms with E-state index in [1.54, 1.807) is 0 Å². The van der Waals surface area contributed by atoms with E-state index in [0.29, 0.717) is 0 Å². The Morgan fingerprint density at radius 3 is 1.04 bits per heavy atom. The van der Waals surface area contributed by atoms with Gasteiger partial charge in [0.25, 0.3) is 0 Å². The predicted octanol–water partition coefficient (Wildman–Crippen LogP) is 4.35. The third-order valence-corrected chi connectivity index (χ3v) is 5.47. The van der Waals surface area contributed by atoms with Crippen LogP contribution in [0.1, 0.15) is 117 Å². The number of hydrogen-bond donors (Lipinski definition) is 0. The number of rotatable bonds is 18. The van der Waals surface area contributed by atoms with Crippen LogP contribution >= 0.6 is 0 Å². The summed E-state index contributed by atoms with van der Waals surface area (Å²) in [6.45, 7) is 7.21. The number of nitrogens with zero attached hydrogens (tertiary/aromatic N) is 1. The third kappa shape index (κ3) is 20.5. The van der Waals surface area contributed by atoms with E-state index in [2.05, 4.69) is 27.9 Å². The van der Waals surface area contributed by atoms with Crippen molar-refractivity contribution < 1.29 is 21.5 Å². The molecular weight excluding hydrogens is 358 g/mol. The van der Waals surface area contributed by atoms with E-state index in [1.807, 2.05) is 0 Å². The minimum absolute atomic E-state index is 0. The molecule has 2 heteroatoms. The lowest BCUT2D eigenvalue weighted by molar-refractivity contribution is -0.888. The zero-order chi connectivity index (χ0) is 17.2. The molecule has 0 aromatic carbocycles. The summed E-state index contributed by atoms with van der Waals surface area (Å²) in [5.74, 6) is 0. The van der Waals surface area contributed by atoms with E-state index in [-0.39, 0.29) is 17.0 Å². The van der Waals surface area contributed by atoms with E-state index in [4.69, 9.17) is 0 Å². The van der Waals surface area contributed by atoms with E-state index >= 15 is 0 Å².